The maximum Gasteiger partial charge on any atom is 0.274 e. The van der Waals surface area contributed by atoms with Crippen LogP contribution in [0, 0.1) is 11.8 Å². The highest BCUT2D eigenvalue weighted by atomic mass is 16.2. The number of carbonyl (C=O) groups excluding carboxylic acids is 1. The molecule has 0 radical (unpaired) electrons. The zero-order valence-electron chi connectivity index (χ0n) is 11.8. The molecule has 3 aliphatic rings. The summed E-state index contributed by atoms with van der Waals surface area (Å²) in [5.41, 5.74) is 1.75. The lowest BCUT2D eigenvalue weighted by molar-refractivity contribution is 0.0752. The Kier molecular flexibility index (Phi) is 3.02. The Bertz CT molecular complexity index is 494. The predicted octanol–water partition coefficient (Wildman–Crippen LogP) is 1.36. The zero-order valence-corrected chi connectivity index (χ0v) is 11.8. The summed E-state index contributed by atoms with van der Waals surface area (Å²) in [6, 6.07) is 1.97. The van der Waals surface area contributed by atoms with E-state index in [2.05, 4.69) is 15.5 Å². The third kappa shape index (κ3) is 2.24. The van der Waals surface area contributed by atoms with Gasteiger partial charge in [-0.2, -0.15) is 5.10 Å². The van der Waals surface area contributed by atoms with Gasteiger partial charge in [0.05, 0.1) is 0 Å². The summed E-state index contributed by atoms with van der Waals surface area (Å²) in [6.07, 6.45) is 4.72. The van der Waals surface area contributed by atoms with E-state index in [9.17, 15) is 4.79 Å². The van der Waals surface area contributed by atoms with E-state index < -0.39 is 0 Å². The van der Waals surface area contributed by atoms with Gasteiger partial charge >= 0.3 is 0 Å². The standard InChI is InChI=1S/C15H22N4O/c20-15(14-7-13(17-18-14)10-1-2-10)19-5-3-11-8-16-9-12(11)4-6-19/h7,10-12,16H,1-6,8-9H2,(H,17,18)/t11-,12+. The second-order valence-corrected chi connectivity index (χ2v) is 6.53. The summed E-state index contributed by atoms with van der Waals surface area (Å²) in [4.78, 5) is 14.6. The molecule has 2 atom stereocenters. The number of H-pyrrole nitrogens is 1. The minimum Gasteiger partial charge on any atom is -0.337 e. The summed E-state index contributed by atoms with van der Waals surface area (Å²) in [5, 5.41) is 10.7. The van der Waals surface area contributed by atoms with Gasteiger partial charge in [0.25, 0.3) is 5.91 Å². The Hall–Kier alpha value is -1.36. The van der Waals surface area contributed by atoms with E-state index >= 15 is 0 Å². The van der Waals surface area contributed by atoms with Crippen LogP contribution in [0.5, 0.6) is 0 Å². The van der Waals surface area contributed by atoms with E-state index in [0.29, 0.717) is 11.6 Å². The van der Waals surface area contributed by atoms with Gasteiger partial charge in [-0.15, -0.1) is 0 Å². The van der Waals surface area contributed by atoms with Crippen molar-refractivity contribution in [3.8, 4) is 0 Å². The molecule has 2 aliphatic heterocycles. The van der Waals surface area contributed by atoms with E-state index in [1.807, 2.05) is 11.0 Å². The van der Waals surface area contributed by atoms with Crippen LogP contribution in [0.25, 0.3) is 0 Å². The van der Waals surface area contributed by atoms with E-state index in [-0.39, 0.29) is 5.91 Å². The molecule has 2 N–H and O–H groups in total. The van der Waals surface area contributed by atoms with Crippen LogP contribution < -0.4 is 5.32 Å². The molecule has 3 fully saturated rings. The van der Waals surface area contributed by atoms with E-state index in [1.54, 1.807) is 0 Å². The Balaban J connectivity index is 1.44. The van der Waals surface area contributed by atoms with Gasteiger partial charge in [-0.3, -0.25) is 9.89 Å². The highest BCUT2D eigenvalue weighted by Crippen LogP contribution is 2.39. The molecule has 1 aliphatic carbocycles. The zero-order chi connectivity index (χ0) is 13.5. The first-order valence-corrected chi connectivity index (χ1v) is 7.86. The van der Waals surface area contributed by atoms with Gasteiger partial charge in [0.2, 0.25) is 0 Å². The van der Waals surface area contributed by atoms with Crippen LogP contribution >= 0.6 is 0 Å². The number of nitrogens with one attached hydrogen (secondary N) is 2. The fourth-order valence-electron chi connectivity index (χ4n) is 3.63. The number of nitrogens with zero attached hydrogens (tertiary/aromatic N) is 2. The second-order valence-electron chi connectivity index (χ2n) is 6.53. The third-order valence-electron chi connectivity index (χ3n) is 5.14. The molecule has 2 saturated heterocycles. The fraction of sp³-hybridized carbons (Fsp3) is 0.733. The van der Waals surface area contributed by atoms with Crippen molar-refractivity contribution in [2.45, 2.75) is 31.6 Å². The van der Waals surface area contributed by atoms with Gasteiger partial charge < -0.3 is 10.2 Å². The quantitative estimate of drug-likeness (QED) is 0.856. The highest BCUT2D eigenvalue weighted by Gasteiger charge is 2.33. The number of fused-ring (bicyclic) bond motifs is 1. The molecule has 1 aromatic heterocycles. The van der Waals surface area contributed by atoms with E-state index in [4.69, 9.17) is 0 Å². The molecular formula is C15H22N4O. The Morgan fingerprint density at radius 2 is 1.85 bits per heavy atom. The number of likely N-dealkylation sites (tertiary alicyclic amines) is 1. The number of aromatic amines is 1. The first-order valence-electron chi connectivity index (χ1n) is 7.86. The monoisotopic (exact) mass is 274 g/mol. The van der Waals surface area contributed by atoms with Crippen molar-refractivity contribution in [3.63, 3.8) is 0 Å². The molecule has 0 spiro atoms. The van der Waals surface area contributed by atoms with Crippen molar-refractivity contribution in [2.24, 2.45) is 11.8 Å². The summed E-state index contributed by atoms with van der Waals surface area (Å²) in [6.45, 7) is 4.02. The number of rotatable bonds is 2. The van der Waals surface area contributed by atoms with Gasteiger partial charge in [-0.25, -0.2) is 0 Å². The highest BCUT2D eigenvalue weighted by molar-refractivity contribution is 5.92. The van der Waals surface area contributed by atoms with Gasteiger partial charge in [-0.1, -0.05) is 0 Å². The summed E-state index contributed by atoms with van der Waals surface area (Å²) < 4.78 is 0. The van der Waals surface area contributed by atoms with Crippen LogP contribution in [0.1, 0.15) is 47.8 Å². The average molecular weight is 274 g/mol. The maximum atomic E-state index is 12.6. The summed E-state index contributed by atoms with van der Waals surface area (Å²) in [5.74, 6) is 2.25. The number of amides is 1. The molecule has 108 valence electrons. The lowest BCUT2D eigenvalue weighted by atomic mass is 9.92. The van der Waals surface area contributed by atoms with Crippen molar-refractivity contribution < 1.29 is 4.79 Å². The van der Waals surface area contributed by atoms with Crippen LogP contribution in [0.3, 0.4) is 0 Å². The number of carbonyl (C=O) groups is 1. The Labute approximate surface area is 119 Å². The molecule has 0 bridgehead atoms. The average Bonchev–Trinajstić information content (AvgIpc) is 3.09. The molecule has 1 saturated carbocycles. The van der Waals surface area contributed by atoms with Gasteiger partial charge in [0.15, 0.2) is 0 Å². The predicted molar refractivity (Wildman–Crippen MR) is 75.5 cm³/mol. The molecule has 20 heavy (non-hydrogen) atoms. The third-order valence-corrected chi connectivity index (χ3v) is 5.14. The topological polar surface area (TPSA) is 61.0 Å². The molecule has 1 aromatic rings. The molecule has 0 unspecified atom stereocenters. The summed E-state index contributed by atoms with van der Waals surface area (Å²) >= 11 is 0. The largest absolute Gasteiger partial charge is 0.337 e. The minimum absolute atomic E-state index is 0.112. The number of hydrogen-bond acceptors (Lipinski definition) is 3. The van der Waals surface area contributed by atoms with Crippen LogP contribution in [0.2, 0.25) is 0 Å². The van der Waals surface area contributed by atoms with Crippen LogP contribution in [-0.4, -0.2) is 47.2 Å². The van der Waals surface area contributed by atoms with Gasteiger partial charge in [-0.05, 0) is 56.7 Å². The normalized spacial score (nSPS) is 30.1. The number of aromatic nitrogens is 2. The summed E-state index contributed by atoms with van der Waals surface area (Å²) in [7, 11) is 0. The molecule has 5 heteroatoms. The van der Waals surface area contributed by atoms with E-state index in [0.717, 1.165) is 56.6 Å². The van der Waals surface area contributed by atoms with Gasteiger partial charge in [0, 0.05) is 24.7 Å². The molecule has 4 rings (SSSR count). The lowest BCUT2D eigenvalue weighted by Gasteiger charge is -2.19. The van der Waals surface area contributed by atoms with Crippen LogP contribution in [-0.2, 0) is 0 Å². The first-order chi connectivity index (χ1) is 9.81. The molecule has 1 amide bonds. The second kappa shape index (κ2) is 4.88. The number of hydrogen-bond donors (Lipinski definition) is 2. The minimum atomic E-state index is 0.112. The van der Waals surface area contributed by atoms with E-state index in [1.165, 1.54) is 12.8 Å². The smallest absolute Gasteiger partial charge is 0.274 e. The van der Waals surface area contributed by atoms with Crippen molar-refractivity contribution in [1.29, 1.82) is 0 Å². The first kappa shape index (κ1) is 12.4. The van der Waals surface area contributed by atoms with Crippen LogP contribution in [0.15, 0.2) is 6.07 Å². The fourth-order valence-corrected chi connectivity index (χ4v) is 3.63. The molecule has 3 heterocycles. The van der Waals surface area contributed by atoms with Crippen LogP contribution in [0.4, 0.5) is 0 Å². The van der Waals surface area contributed by atoms with Crippen molar-refractivity contribution >= 4 is 5.91 Å². The molecular weight excluding hydrogens is 252 g/mol. The van der Waals surface area contributed by atoms with Gasteiger partial charge in [0.1, 0.15) is 5.69 Å². The Morgan fingerprint density at radius 3 is 2.50 bits per heavy atom. The van der Waals surface area contributed by atoms with Crippen molar-refractivity contribution in [3.05, 3.63) is 17.5 Å². The maximum absolute atomic E-state index is 12.6. The van der Waals surface area contributed by atoms with Crippen molar-refractivity contribution in [2.75, 3.05) is 26.2 Å². The molecule has 5 nitrogen and oxygen atoms in total. The molecule has 0 aromatic carbocycles. The van der Waals surface area contributed by atoms with Crippen molar-refractivity contribution in [1.82, 2.24) is 20.4 Å². The lowest BCUT2D eigenvalue weighted by Crippen LogP contribution is -2.33. The SMILES string of the molecule is O=C(c1cc(C2CC2)[nH]n1)N1CC[C@@H]2CNC[C@@H]2CC1. The Morgan fingerprint density at radius 1 is 1.15 bits per heavy atom.